The summed E-state index contributed by atoms with van der Waals surface area (Å²) in [7, 11) is 1.60. The lowest BCUT2D eigenvalue weighted by atomic mass is 9.78. The first-order valence-corrected chi connectivity index (χ1v) is 11.3. The Morgan fingerprint density at radius 1 is 1.15 bits per heavy atom. The summed E-state index contributed by atoms with van der Waals surface area (Å²) in [5, 5.41) is 7.45. The molecule has 2 heterocycles. The largest absolute Gasteiger partial charge is 0.497 e. The van der Waals surface area contributed by atoms with Crippen molar-refractivity contribution in [1.29, 1.82) is 0 Å². The Labute approximate surface area is 202 Å². The highest BCUT2D eigenvalue weighted by Crippen LogP contribution is 2.50. The quantitative estimate of drug-likeness (QED) is 0.505. The summed E-state index contributed by atoms with van der Waals surface area (Å²) in [5.41, 5.74) is 1.21. The van der Waals surface area contributed by atoms with Crippen LogP contribution in [0, 0.1) is 5.92 Å². The lowest BCUT2D eigenvalue weighted by Gasteiger charge is -2.56. The highest BCUT2D eigenvalue weighted by atomic mass is 35.5. The number of para-hydroxylation sites is 1. The summed E-state index contributed by atoms with van der Waals surface area (Å²) in [6, 6.07) is 21.9. The van der Waals surface area contributed by atoms with E-state index in [2.05, 4.69) is 10.6 Å². The average Bonchev–Trinajstić information content (AvgIpc) is 2.80. The number of hydrogen-bond donors (Lipinski definition) is 2. The van der Waals surface area contributed by atoms with Gasteiger partial charge in [0.05, 0.1) is 13.2 Å². The van der Waals surface area contributed by atoms with Crippen molar-refractivity contribution in [2.75, 3.05) is 17.3 Å². The molecule has 2 bridgehead atoms. The SMILES string of the molecule is COc1ccc(NC(=O)[C@H]2[C@@H]3NC(=S)N(c4ccccc4)[C@]2(C)Oc2ccc(Cl)cc23)cc1. The second-order valence-electron chi connectivity index (χ2n) is 8.13. The molecule has 3 atom stereocenters. The van der Waals surface area contributed by atoms with E-state index in [1.165, 1.54) is 0 Å². The Morgan fingerprint density at radius 3 is 2.58 bits per heavy atom. The lowest BCUT2D eigenvalue weighted by molar-refractivity contribution is -0.130. The molecule has 3 aromatic carbocycles. The van der Waals surface area contributed by atoms with Gasteiger partial charge in [-0.1, -0.05) is 29.8 Å². The summed E-state index contributed by atoms with van der Waals surface area (Å²) in [6.07, 6.45) is 0. The van der Waals surface area contributed by atoms with Crippen LogP contribution in [0.4, 0.5) is 11.4 Å². The maximum absolute atomic E-state index is 13.8. The van der Waals surface area contributed by atoms with Gasteiger partial charge in [-0.05, 0) is 73.7 Å². The van der Waals surface area contributed by atoms with Crippen molar-refractivity contribution in [3.05, 3.63) is 83.4 Å². The fraction of sp³-hybridized carbons (Fsp3) is 0.200. The van der Waals surface area contributed by atoms with Crippen molar-refractivity contribution < 1.29 is 14.3 Å². The number of anilines is 2. The summed E-state index contributed by atoms with van der Waals surface area (Å²) < 4.78 is 11.8. The molecule has 1 saturated heterocycles. The summed E-state index contributed by atoms with van der Waals surface area (Å²) >= 11 is 12.0. The van der Waals surface area contributed by atoms with Gasteiger partial charge < -0.3 is 20.1 Å². The number of carbonyl (C=O) groups excluding carboxylic acids is 1. The van der Waals surface area contributed by atoms with E-state index in [0.717, 1.165) is 11.3 Å². The first-order valence-electron chi connectivity index (χ1n) is 10.5. The third-order valence-corrected chi connectivity index (χ3v) is 6.65. The number of nitrogens with zero attached hydrogens (tertiary/aromatic N) is 1. The third kappa shape index (κ3) is 3.67. The van der Waals surface area contributed by atoms with E-state index in [1.54, 1.807) is 37.4 Å². The van der Waals surface area contributed by atoms with Crippen molar-refractivity contribution in [3.63, 3.8) is 0 Å². The second-order valence-corrected chi connectivity index (χ2v) is 8.96. The highest BCUT2D eigenvalue weighted by Gasteiger charge is 2.59. The van der Waals surface area contributed by atoms with Crippen LogP contribution in [0.15, 0.2) is 72.8 Å². The van der Waals surface area contributed by atoms with Crippen LogP contribution >= 0.6 is 23.8 Å². The molecule has 0 saturated carbocycles. The number of hydrogen-bond acceptors (Lipinski definition) is 4. The van der Waals surface area contributed by atoms with Gasteiger partial charge in [-0.15, -0.1) is 0 Å². The molecule has 2 aliphatic heterocycles. The van der Waals surface area contributed by atoms with Gasteiger partial charge in [-0.2, -0.15) is 0 Å². The predicted molar refractivity (Wildman–Crippen MR) is 133 cm³/mol. The summed E-state index contributed by atoms with van der Waals surface area (Å²) in [6.45, 7) is 1.90. The average molecular weight is 480 g/mol. The predicted octanol–water partition coefficient (Wildman–Crippen LogP) is 5.15. The van der Waals surface area contributed by atoms with Crippen LogP contribution in [0.3, 0.4) is 0 Å². The monoisotopic (exact) mass is 479 g/mol. The van der Waals surface area contributed by atoms with Crippen LogP contribution in [0.2, 0.25) is 5.02 Å². The number of nitrogens with one attached hydrogen (secondary N) is 2. The van der Waals surface area contributed by atoms with E-state index >= 15 is 0 Å². The van der Waals surface area contributed by atoms with E-state index in [9.17, 15) is 4.79 Å². The van der Waals surface area contributed by atoms with Gasteiger partial charge in [0.1, 0.15) is 17.4 Å². The minimum Gasteiger partial charge on any atom is -0.497 e. The third-order valence-electron chi connectivity index (χ3n) is 6.11. The van der Waals surface area contributed by atoms with Gasteiger partial charge in [-0.3, -0.25) is 9.69 Å². The van der Waals surface area contributed by atoms with Gasteiger partial charge in [0.15, 0.2) is 10.8 Å². The van der Waals surface area contributed by atoms with Crippen LogP contribution in [-0.4, -0.2) is 23.9 Å². The molecule has 2 N–H and O–H groups in total. The van der Waals surface area contributed by atoms with Crippen LogP contribution in [0.25, 0.3) is 0 Å². The molecule has 8 heteroatoms. The first kappa shape index (κ1) is 21.6. The number of rotatable bonds is 4. The van der Waals surface area contributed by atoms with Crippen molar-refractivity contribution in [3.8, 4) is 11.5 Å². The fourth-order valence-electron chi connectivity index (χ4n) is 4.61. The molecule has 33 heavy (non-hydrogen) atoms. The molecule has 168 valence electrons. The van der Waals surface area contributed by atoms with E-state index in [-0.39, 0.29) is 5.91 Å². The number of fused-ring (bicyclic) bond motifs is 4. The number of carbonyl (C=O) groups is 1. The molecule has 6 nitrogen and oxygen atoms in total. The fourth-order valence-corrected chi connectivity index (χ4v) is 5.21. The smallest absolute Gasteiger partial charge is 0.236 e. The molecule has 1 fully saturated rings. The van der Waals surface area contributed by atoms with Gasteiger partial charge in [0.2, 0.25) is 5.91 Å². The Balaban J connectivity index is 1.59. The van der Waals surface area contributed by atoms with Gasteiger partial charge in [0, 0.05) is 22.0 Å². The second kappa shape index (κ2) is 8.24. The van der Waals surface area contributed by atoms with Crippen LogP contribution in [0.1, 0.15) is 18.5 Å². The Kier molecular flexibility index (Phi) is 5.38. The topological polar surface area (TPSA) is 62.8 Å². The summed E-state index contributed by atoms with van der Waals surface area (Å²) in [4.78, 5) is 15.6. The van der Waals surface area contributed by atoms with Gasteiger partial charge >= 0.3 is 0 Å². The molecule has 0 spiro atoms. The number of benzene rings is 3. The van der Waals surface area contributed by atoms with Crippen LogP contribution in [0.5, 0.6) is 11.5 Å². The maximum atomic E-state index is 13.8. The maximum Gasteiger partial charge on any atom is 0.236 e. The zero-order valence-corrected chi connectivity index (χ0v) is 19.6. The van der Waals surface area contributed by atoms with Crippen molar-refractivity contribution in [2.45, 2.75) is 18.7 Å². The Morgan fingerprint density at radius 2 is 1.88 bits per heavy atom. The molecule has 5 rings (SSSR count). The van der Waals surface area contributed by atoms with E-state index < -0.39 is 17.7 Å². The van der Waals surface area contributed by atoms with E-state index in [1.807, 2.05) is 54.3 Å². The standard InChI is InChI=1S/C25H22ClN3O3S/c1-25-21(23(30)27-16-9-11-18(31-2)12-10-16)22(19-14-15(26)8-13-20(19)32-25)28-24(33)29(25)17-6-4-3-5-7-17/h3-14,21-22H,1-2H3,(H,27,30)(H,28,33)/t21-,22-,25-/m1/s1. The number of methoxy groups -OCH3 is 1. The Bertz CT molecular complexity index is 1220. The number of thiocarbonyl (C=S) groups is 1. The molecular weight excluding hydrogens is 458 g/mol. The van der Waals surface area contributed by atoms with Gasteiger partial charge in [-0.25, -0.2) is 0 Å². The normalized spacial score (nSPS) is 23.1. The zero-order chi connectivity index (χ0) is 23.2. The minimum atomic E-state index is -1.08. The number of amides is 1. The molecule has 2 aliphatic rings. The zero-order valence-electron chi connectivity index (χ0n) is 18.0. The Hall–Kier alpha value is -3.29. The van der Waals surface area contributed by atoms with E-state index in [4.69, 9.17) is 33.3 Å². The molecule has 0 aliphatic carbocycles. The van der Waals surface area contributed by atoms with Crippen molar-refractivity contribution in [2.24, 2.45) is 5.92 Å². The number of halogens is 1. The minimum absolute atomic E-state index is 0.200. The molecule has 0 radical (unpaired) electrons. The molecule has 1 amide bonds. The van der Waals surface area contributed by atoms with Gasteiger partial charge in [0.25, 0.3) is 0 Å². The molecule has 0 aromatic heterocycles. The van der Waals surface area contributed by atoms with Crippen LogP contribution < -0.4 is 25.0 Å². The molecule has 0 unspecified atom stereocenters. The van der Waals surface area contributed by atoms with Crippen molar-refractivity contribution in [1.82, 2.24) is 5.32 Å². The molecule has 3 aromatic rings. The first-order chi connectivity index (χ1) is 15.9. The lowest BCUT2D eigenvalue weighted by Crippen LogP contribution is -2.72. The van der Waals surface area contributed by atoms with Crippen LogP contribution in [-0.2, 0) is 4.79 Å². The van der Waals surface area contributed by atoms with Crippen molar-refractivity contribution >= 4 is 46.2 Å². The number of ether oxygens (including phenoxy) is 2. The van der Waals surface area contributed by atoms with E-state index in [0.29, 0.717) is 27.3 Å². The molecular formula is C25H22ClN3O3S. The highest BCUT2D eigenvalue weighted by molar-refractivity contribution is 7.80. The summed E-state index contributed by atoms with van der Waals surface area (Å²) in [5.74, 6) is 0.534.